The van der Waals surface area contributed by atoms with Crippen molar-refractivity contribution in [2.45, 2.75) is 30.8 Å². The second-order valence-corrected chi connectivity index (χ2v) is 9.27. The van der Waals surface area contributed by atoms with Gasteiger partial charge in [-0.05, 0) is 35.7 Å². The molecule has 0 unspecified atom stereocenters. The van der Waals surface area contributed by atoms with Gasteiger partial charge in [-0.1, -0.05) is 78.6 Å². The fourth-order valence-corrected chi connectivity index (χ4v) is 4.37. The Morgan fingerprint density at radius 2 is 1.80 bits per heavy atom. The van der Waals surface area contributed by atoms with Crippen molar-refractivity contribution in [2.24, 2.45) is 13.0 Å². The summed E-state index contributed by atoms with van der Waals surface area (Å²) in [6.45, 7) is 4.04. The number of rotatable bonds is 7. The molecule has 5 nitrogen and oxygen atoms in total. The van der Waals surface area contributed by atoms with E-state index in [0.29, 0.717) is 27.2 Å². The van der Waals surface area contributed by atoms with E-state index in [9.17, 15) is 4.79 Å². The number of aromatic nitrogens is 3. The highest BCUT2D eigenvalue weighted by atomic mass is 35.5. The average molecular weight is 484 g/mol. The lowest BCUT2D eigenvalue weighted by molar-refractivity contribution is 0.0922. The Morgan fingerprint density at radius 1 is 1.07 bits per heavy atom. The minimum absolute atomic E-state index is 0.0982. The second kappa shape index (κ2) is 10.1. The molecule has 0 saturated heterocycles. The first-order chi connectivity index (χ1) is 14.3. The molecule has 0 spiro atoms. The predicted octanol–water partition coefficient (Wildman–Crippen LogP) is 6.19. The summed E-state index contributed by atoms with van der Waals surface area (Å²) in [5.74, 6) is 1.20. The number of benzene rings is 2. The SMILES string of the molecule is CC(C)[C@@H](NC(=O)c1ccc(Cl)c(Cl)c1)c1nnc(SCc2ccccc2Cl)n1C. The molecule has 2 aromatic carbocycles. The number of nitrogens with zero attached hydrogens (tertiary/aromatic N) is 3. The minimum Gasteiger partial charge on any atom is -0.342 e. The molecule has 3 aromatic rings. The van der Waals surface area contributed by atoms with Gasteiger partial charge in [-0.3, -0.25) is 4.79 Å². The highest BCUT2D eigenvalue weighted by Gasteiger charge is 2.25. The summed E-state index contributed by atoms with van der Waals surface area (Å²) >= 11 is 19.8. The fourth-order valence-electron chi connectivity index (χ4n) is 2.87. The van der Waals surface area contributed by atoms with Gasteiger partial charge in [0.2, 0.25) is 0 Å². The van der Waals surface area contributed by atoms with Crippen molar-refractivity contribution >= 4 is 52.5 Å². The van der Waals surface area contributed by atoms with Crippen LogP contribution in [0.3, 0.4) is 0 Å². The van der Waals surface area contributed by atoms with Crippen LogP contribution in [-0.2, 0) is 12.8 Å². The van der Waals surface area contributed by atoms with Gasteiger partial charge in [0.15, 0.2) is 11.0 Å². The number of halogens is 3. The molecule has 0 fully saturated rings. The maximum atomic E-state index is 12.8. The summed E-state index contributed by atoms with van der Waals surface area (Å²) in [6, 6.07) is 12.2. The van der Waals surface area contributed by atoms with Gasteiger partial charge in [0.05, 0.1) is 16.1 Å². The topological polar surface area (TPSA) is 59.8 Å². The van der Waals surface area contributed by atoms with Crippen molar-refractivity contribution in [2.75, 3.05) is 0 Å². The Hall–Kier alpha value is -1.73. The number of amides is 1. The molecule has 1 atom stereocenters. The summed E-state index contributed by atoms with van der Waals surface area (Å²) in [5.41, 5.74) is 1.47. The zero-order valence-corrected chi connectivity index (χ0v) is 19.8. The van der Waals surface area contributed by atoms with E-state index in [2.05, 4.69) is 15.5 Å². The molecule has 1 amide bonds. The molecule has 3 rings (SSSR count). The van der Waals surface area contributed by atoms with Gasteiger partial charge in [0.1, 0.15) is 0 Å². The van der Waals surface area contributed by atoms with E-state index in [1.165, 1.54) is 0 Å². The highest BCUT2D eigenvalue weighted by molar-refractivity contribution is 7.98. The molecule has 1 heterocycles. The van der Waals surface area contributed by atoms with Crippen LogP contribution in [0.5, 0.6) is 0 Å². The Kier molecular flexibility index (Phi) is 7.69. The van der Waals surface area contributed by atoms with Crippen LogP contribution in [0.2, 0.25) is 15.1 Å². The standard InChI is InChI=1S/C21H21Cl3N4OS/c1-12(2)18(25-20(29)13-8-9-16(23)17(24)10-13)19-26-27-21(28(19)3)30-11-14-6-4-5-7-15(14)22/h4-10,12,18H,11H2,1-3H3,(H,25,29)/t18-/m1/s1. The predicted molar refractivity (Wildman–Crippen MR) is 124 cm³/mol. The normalized spacial score (nSPS) is 12.2. The van der Waals surface area contributed by atoms with Crippen molar-refractivity contribution < 1.29 is 4.79 Å². The lowest BCUT2D eigenvalue weighted by Crippen LogP contribution is -2.33. The number of nitrogens with one attached hydrogen (secondary N) is 1. The van der Waals surface area contributed by atoms with Crippen molar-refractivity contribution in [3.05, 3.63) is 74.5 Å². The Balaban J connectivity index is 1.77. The third-order valence-corrected chi connectivity index (χ3v) is 6.77. The van der Waals surface area contributed by atoms with E-state index in [1.54, 1.807) is 30.0 Å². The largest absolute Gasteiger partial charge is 0.342 e. The van der Waals surface area contributed by atoms with Gasteiger partial charge >= 0.3 is 0 Å². The van der Waals surface area contributed by atoms with Crippen LogP contribution in [-0.4, -0.2) is 20.7 Å². The first-order valence-corrected chi connectivity index (χ1v) is 11.4. The van der Waals surface area contributed by atoms with E-state index >= 15 is 0 Å². The van der Waals surface area contributed by atoms with Crippen LogP contribution in [0.25, 0.3) is 0 Å². The summed E-state index contributed by atoms with van der Waals surface area (Å²) in [5, 5.41) is 13.9. The Labute approximate surface area is 195 Å². The Bertz CT molecular complexity index is 1050. The zero-order chi connectivity index (χ0) is 21.8. The molecule has 1 aromatic heterocycles. The third kappa shape index (κ3) is 5.30. The van der Waals surface area contributed by atoms with Crippen LogP contribution in [0, 0.1) is 5.92 Å². The molecular weight excluding hydrogens is 463 g/mol. The summed E-state index contributed by atoms with van der Waals surface area (Å²) < 4.78 is 1.90. The van der Waals surface area contributed by atoms with Crippen LogP contribution in [0.4, 0.5) is 0 Å². The lowest BCUT2D eigenvalue weighted by Gasteiger charge is -2.22. The van der Waals surface area contributed by atoms with Gasteiger partial charge < -0.3 is 9.88 Å². The number of carbonyl (C=O) groups is 1. The molecule has 158 valence electrons. The van der Waals surface area contributed by atoms with Gasteiger partial charge in [0.25, 0.3) is 5.91 Å². The zero-order valence-electron chi connectivity index (χ0n) is 16.7. The minimum atomic E-state index is -0.320. The van der Waals surface area contributed by atoms with E-state index in [1.807, 2.05) is 49.7 Å². The number of carbonyl (C=O) groups excluding carboxylic acids is 1. The molecular formula is C21H21Cl3N4OS. The van der Waals surface area contributed by atoms with Gasteiger partial charge in [-0.15, -0.1) is 10.2 Å². The molecule has 1 N–H and O–H groups in total. The molecule has 0 saturated carbocycles. The van der Waals surface area contributed by atoms with Crippen LogP contribution < -0.4 is 5.32 Å². The summed E-state index contributed by atoms with van der Waals surface area (Å²) in [7, 11) is 1.89. The van der Waals surface area contributed by atoms with Crippen LogP contribution >= 0.6 is 46.6 Å². The van der Waals surface area contributed by atoms with Crippen molar-refractivity contribution in [3.8, 4) is 0 Å². The first-order valence-electron chi connectivity index (χ1n) is 9.29. The van der Waals surface area contributed by atoms with Gasteiger partial charge in [-0.25, -0.2) is 0 Å². The smallest absolute Gasteiger partial charge is 0.251 e. The monoisotopic (exact) mass is 482 g/mol. The van der Waals surface area contributed by atoms with E-state index in [4.69, 9.17) is 34.8 Å². The maximum absolute atomic E-state index is 12.8. The van der Waals surface area contributed by atoms with Gasteiger partial charge in [0, 0.05) is 23.4 Å². The van der Waals surface area contributed by atoms with Crippen molar-refractivity contribution in [3.63, 3.8) is 0 Å². The molecule has 0 aliphatic carbocycles. The molecule has 9 heteroatoms. The molecule has 0 aliphatic rings. The first kappa shape index (κ1) is 22.9. The molecule has 0 radical (unpaired) electrons. The number of hydrogen-bond acceptors (Lipinski definition) is 4. The molecule has 0 aliphatic heterocycles. The summed E-state index contributed by atoms with van der Waals surface area (Å²) in [4.78, 5) is 12.8. The lowest BCUT2D eigenvalue weighted by atomic mass is 10.0. The maximum Gasteiger partial charge on any atom is 0.251 e. The van der Waals surface area contributed by atoms with Crippen molar-refractivity contribution in [1.82, 2.24) is 20.1 Å². The van der Waals surface area contributed by atoms with Crippen LogP contribution in [0.1, 0.15) is 41.6 Å². The molecule has 0 bridgehead atoms. The van der Waals surface area contributed by atoms with E-state index in [-0.39, 0.29) is 17.9 Å². The second-order valence-electron chi connectivity index (χ2n) is 7.10. The highest BCUT2D eigenvalue weighted by Crippen LogP contribution is 2.29. The third-order valence-electron chi connectivity index (χ3n) is 4.60. The Morgan fingerprint density at radius 3 is 2.47 bits per heavy atom. The molecule has 30 heavy (non-hydrogen) atoms. The van der Waals surface area contributed by atoms with E-state index < -0.39 is 0 Å². The number of hydrogen-bond donors (Lipinski definition) is 1. The van der Waals surface area contributed by atoms with Crippen LogP contribution in [0.15, 0.2) is 47.6 Å². The number of thioether (sulfide) groups is 1. The quantitative estimate of drug-likeness (QED) is 0.407. The average Bonchev–Trinajstić information content (AvgIpc) is 3.07. The van der Waals surface area contributed by atoms with Gasteiger partial charge in [-0.2, -0.15) is 0 Å². The summed E-state index contributed by atoms with van der Waals surface area (Å²) in [6.07, 6.45) is 0. The van der Waals surface area contributed by atoms with Crippen molar-refractivity contribution in [1.29, 1.82) is 0 Å². The fraction of sp³-hybridized carbons (Fsp3) is 0.286. The van der Waals surface area contributed by atoms with E-state index in [0.717, 1.165) is 15.7 Å².